The van der Waals surface area contributed by atoms with E-state index in [4.69, 9.17) is 4.74 Å². The van der Waals surface area contributed by atoms with Gasteiger partial charge in [-0.05, 0) is 36.0 Å². The first-order chi connectivity index (χ1) is 13.3. The van der Waals surface area contributed by atoms with Gasteiger partial charge in [0.05, 0.1) is 6.04 Å². The molecule has 0 fully saturated rings. The molecule has 0 aliphatic heterocycles. The average molecular weight is 359 g/mol. The first kappa shape index (κ1) is 17.2. The average Bonchev–Trinajstić information content (AvgIpc) is 2.73. The number of carbonyl (C=O) groups is 1. The summed E-state index contributed by atoms with van der Waals surface area (Å²) in [7, 11) is 0. The molecule has 1 amide bonds. The maximum atomic E-state index is 12.7. The van der Waals surface area contributed by atoms with E-state index in [1.165, 1.54) is 17.5 Å². The van der Waals surface area contributed by atoms with Gasteiger partial charge in [0.25, 0.3) is 5.91 Å². The SMILES string of the molecule is O=C(N[C@H]1CCCc2ccccc21)c1cc(OCc2ccccc2)ncn1. The molecule has 0 unspecified atom stereocenters. The highest BCUT2D eigenvalue weighted by molar-refractivity contribution is 5.92. The first-order valence-electron chi connectivity index (χ1n) is 9.17. The molecule has 3 aromatic rings. The van der Waals surface area contributed by atoms with Gasteiger partial charge in [-0.25, -0.2) is 9.97 Å². The van der Waals surface area contributed by atoms with E-state index in [1.54, 1.807) is 6.07 Å². The number of nitrogens with zero attached hydrogens (tertiary/aromatic N) is 2. The Morgan fingerprint density at radius 1 is 1.07 bits per heavy atom. The molecule has 5 heteroatoms. The maximum absolute atomic E-state index is 12.7. The van der Waals surface area contributed by atoms with Gasteiger partial charge in [-0.2, -0.15) is 0 Å². The van der Waals surface area contributed by atoms with Crippen LogP contribution in [0.5, 0.6) is 5.88 Å². The summed E-state index contributed by atoms with van der Waals surface area (Å²) in [5.74, 6) is 0.187. The second-order valence-electron chi connectivity index (χ2n) is 6.63. The zero-order chi connectivity index (χ0) is 18.5. The zero-order valence-corrected chi connectivity index (χ0v) is 15.0. The van der Waals surface area contributed by atoms with Gasteiger partial charge in [-0.3, -0.25) is 4.79 Å². The Balaban J connectivity index is 1.44. The van der Waals surface area contributed by atoms with Crippen molar-refractivity contribution in [2.24, 2.45) is 0 Å². The van der Waals surface area contributed by atoms with Crippen molar-refractivity contribution in [3.63, 3.8) is 0 Å². The van der Waals surface area contributed by atoms with E-state index < -0.39 is 0 Å². The largest absolute Gasteiger partial charge is 0.473 e. The van der Waals surface area contributed by atoms with Crippen molar-refractivity contribution >= 4 is 5.91 Å². The lowest BCUT2D eigenvalue weighted by Gasteiger charge is -2.26. The number of hydrogen-bond acceptors (Lipinski definition) is 4. The van der Waals surface area contributed by atoms with Crippen molar-refractivity contribution in [2.45, 2.75) is 31.9 Å². The van der Waals surface area contributed by atoms with E-state index in [9.17, 15) is 4.79 Å². The van der Waals surface area contributed by atoms with Gasteiger partial charge in [0.2, 0.25) is 5.88 Å². The molecule has 4 rings (SSSR count). The molecular formula is C22H21N3O2. The van der Waals surface area contributed by atoms with Crippen molar-refractivity contribution in [3.8, 4) is 5.88 Å². The lowest BCUT2D eigenvalue weighted by molar-refractivity contribution is 0.0926. The highest BCUT2D eigenvalue weighted by atomic mass is 16.5. The van der Waals surface area contributed by atoms with Crippen molar-refractivity contribution in [2.75, 3.05) is 0 Å². The van der Waals surface area contributed by atoms with Crippen LogP contribution in [-0.2, 0) is 13.0 Å². The standard InChI is InChI=1S/C22H21N3O2/c26-22(25-19-12-6-10-17-9-4-5-11-18(17)19)20-13-21(24-15-23-20)27-14-16-7-2-1-3-8-16/h1-5,7-9,11,13,15,19H,6,10,12,14H2,(H,25,26)/t19-/m0/s1. The first-order valence-corrected chi connectivity index (χ1v) is 9.17. The molecule has 5 nitrogen and oxygen atoms in total. The Morgan fingerprint density at radius 3 is 2.78 bits per heavy atom. The van der Waals surface area contributed by atoms with Crippen molar-refractivity contribution in [1.29, 1.82) is 0 Å². The molecule has 0 radical (unpaired) electrons. The van der Waals surface area contributed by atoms with E-state index in [1.807, 2.05) is 42.5 Å². The predicted molar refractivity (Wildman–Crippen MR) is 102 cm³/mol. The minimum atomic E-state index is -0.205. The molecule has 1 N–H and O–H groups in total. The third-order valence-corrected chi connectivity index (χ3v) is 4.78. The number of aryl methyl sites for hydroxylation is 1. The van der Waals surface area contributed by atoms with E-state index in [0.29, 0.717) is 18.2 Å². The number of hydrogen-bond donors (Lipinski definition) is 1. The number of ether oxygens (including phenoxy) is 1. The van der Waals surface area contributed by atoms with Crippen molar-refractivity contribution < 1.29 is 9.53 Å². The van der Waals surface area contributed by atoms with Crippen LogP contribution in [0.25, 0.3) is 0 Å². The number of benzene rings is 2. The fourth-order valence-electron chi connectivity index (χ4n) is 3.41. The number of nitrogens with one attached hydrogen (secondary N) is 1. The van der Waals surface area contributed by atoms with Crippen LogP contribution in [0.1, 0.15) is 46.1 Å². The molecule has 0 spiro atoms. The Bertz CT molecular complexity index is 928. The van der Waals surface area contributed by atoms with Gasteiger partial charge < -0.3 is 10.1 Å². The molecule has 1 aliphatic carbocycles. The number of rotatable bonds is 5. The highest BCUT2D eigenvalue weighted by Crippen LogP contribution is 2.29. The molecule has 0 saturated heterocycles. The molecule has 0 saturated carbocycles. The van der Waals surface area contributed by atoms with Crippen LogP contribution in [0.15, 0.2) is 67.0 Å². The monoisotopic (exact) mass is 359 g/mol. The van der Waals surface area contributed by atoms with Gasteiger partial charge >= 0.3 is 0 Å². The van der Waals surface area contributed by atoms with Crippen molar-refractivity contribution in [3.05, 3.63) is 89.4 Å². The second kappa shape index (κ2) is 7.99. The smallest absolute Gasteiger partial charge is 0.270 e. The molecular weight excluding hydrogens is 338 g/mol. The molecule has 136 valence electrons. The highest BCUT2D eigenvalue weighted by Gasteiger charge is 2.22. The summed E-state index contributed by atoms with van der Waals surface area (Å²) >= 11 is 0. The van der Waals surface area contributed by atoms with Gasteiger partial charge in [0, 0.05) is 6.07 Å². The van der Waals surface area contributed by atoms with Crippen LogP contribution in [0.3, 0.4) is 0 Å². The molecule has 0 bridgehead atoms. The Labute approximate surface area is 158 Å². The van der Waals surface area contributed by atoms with Crippen LogP contribution in [0.2, 0.25) is 0 Å². The predicted octanol–water partition coefficient (Wildman–Crippen LogP) is 3.86. The quantitative estimate of drug-likeness (QED) is 0.751. The molecule has 1 aliphatic rings. The minimum Gasteiger partial charge on any atom is -0.473 e. The maximum Gasteiger partial charge on any atom is 0.270 e. The van der Waals surface area contributed by atoms with Gasteiger partial charge in [0.1, 0.15) is 18.6 Å². The number of fused-ring (bicyclic) bond motifs is 1. The fourth-order valence-corrected chi connectivity index (χ4v) is 3.41. The molecule has 1 aromatic heterocycles. The third kappa shape index (κ3) is 4.14. The molecule has 2 aromatic carbocycles. The van der Waals surface area contributed by atoms with Crippen LogP contribution in [-0.4, -0.2) is 15.9 Å². The Kier molecular flexibility index (Phi) is 5.10. The van der Waals surface area contributed by atoms with E-state index >= 15 is 0 Å². The summed E-state index contributed by atoms with van der Waals surface area (Å²) in [5, 5.41) is 3.11. The zero-order valence-electron chi connectivity index (χ0n) is 15.0. The molecule has 1 heterocycles. The van der Waals surface area contributed by atoms with Crippen LogP contribution in [0, 0.1) is 0 Å². The fraction of sp³-hybridized carbons (Fsp3) is 0.227. The minimum absolute atomic E-state index is 0.0195. The normalized spacial score (nSPS) is 15.6. The van der Waals surface area contributed by atoms with E-state index in [-0.39, 0.29) is 11.9 Å². The Morgan fingerprint density at radius 2 is 1.89 bits per heavy atom. The summed E-state index contributed by atoms with van der Waals surface area (Å²) in [4.78, 5) is 20.9. The van der Waals surface area contributed by atoms with Gasteiger partial charge in [-0.1, -0.05) is 54.6 Å². The number of carbonyl (C=O) groups excluding carboxylic acids is 1. The second-order valence-corrected chi connectivity index (χ2v) is 6.63. The molecule has 1 atom stereocenters. The van der Waals surface area contributed by atoms with Crippen LogP contribution >= 0.6 is 0 Å². The summed E-state index contributed by atoms with van der Waals surface area (Å²) in [6, 6.07) is 19.7. The topological polar surface area (TPSA) is 64.1 Å². The van der Waals surface area contributed by atoms with Crippen LogP contribution < -0.4 is 10.1 Å². The Hall–Kier alpha value is -3.21. The lowest BCUT2D eigenvalue weighted by Crippen LogP contribution is -2.31. The van der Waals surface area contributed by atoms with Crippen molar-refractivity contribution in [1.82, 2.24) is 15.3 Å². The summed E-state index contributed by atoms with van der Waals surface area (Å²) in [5.41, 5.74) is 3.87. The lowest BCUT2D eigenvalue weighted by atomic mass is 9.87. The summed E-state index contributed by atoms with van der Waals surface area (Å²) < 4.78 is 5.70. The number of aromatic nitrogens is 2. The summed E-state index contributed by atoms with van der Waals surface area (Å²) in [6.07, 6.45) is 4.43. The molecule has 27 heavy (non-hydrogen) atoms. The van der Waals surface area contributed by atoms with Gasteiger partial charge in [-0.15, -0.1) is 0 Å². The van der Waals surface area contributed by atoms with Gasteiger partial charge in [0.15, 0.2) is 0 Å². The number of amides is 1. The van der Waals surface area contributed by atoms with E-state index in [0.717, 1.165) is 24.8 Å². The summed E-state index contributed by atoms with van der Waals surface area (Å²) in [6.45, 7) is 0.398. The third-order valence-electron chi connectivity index (χ3n) is 4.78. The van der Waals surface area contributed by atoms with E-state index in [2.05, 4.69) is 27.4 Å². The van der Waals surface area contributed by atoms with Crippen LogP contribution in [0.4, 0.5) is 0 Å².